The smallest absolute Gasteiger partial charge is 0.313 e. The van der Waals surface area contributed by atoms with Gasteiger partial charge in [-0.05, 0) is 37.6 Å². The van der Waals surface area contributed by atoms with E-state index < -0.39 is 12.6 Å². The molecule has 0 fully saturated rings. The fourth-order valence-electron chi connectivity index (χ4n) is 1.74. The summed E-state index contributed by atoms with van der Waals surface area (Å²) in [5.74, 6) is 0. The number of nitrogens with one attached hydrogen (secondary N) is 1. The molecule has 16 heavy (non-hydrogen) atoms. The predicted octanol–water partition coefficient (Wildman–Crippen LogP) is 3.38. The SMILES string of the molecule is CN[C@H](C)c1cccc(CC(F)(F)F)c1C. The summed E-state index contributed by atoms with van der Waals surface area (Å²) >= 11 is 0. The summed E-state index contributed by atoms with van der Waals surface area (Å²) in [4.78, 5) is 0. The Morgan fingerprint density at radius 1 is 1.31 bits per heavy atom. The molecule has 90 valence electrons. The highest BCUT2D eigenvalue weighted by Gasteiger charge is 2.28. The van der Waals surface area contributed by atoms with Crippen molar-refractivity contribution in [2.24, 2.45) is 0 Å². The predicted molar refractivity (Wildman–Crippen MR) is 58.4 cm³/mol. The molecule has 1 rings (SSSR count). The summed E-state index contributed by atoms with van der Waals surface area (Å²) in [7, 11) is 1.79. The highest BCUT2D eigenvalue weighted by molar-refractivity contribution is 5.36. The van der Waals surface area contributed by atoms with Gasteiger partial charge < -0.3 is 5.32 Å². The first kappa shape index (κ1) is 13.0. The van der Waals surface area contributed by atoms with Crippen molar-refractivity contribution in [1.82, 2.24) is 5.32 Å². The molecule has 0 aliphatic rings. The molecule has 1 atom stereocenters. The van der Waals surface area contributed by atoms with Crippen molar-refractivity contribution in [1.29, 1.82) is 0 Å². The van der Waals surface area contributed by atoms with Crippen LogP contribution in [0, 0.1) is 6.92 Å². The van der Waals surface area contributed by atoms with Gasteiger partial charge in [-0.2, -0.15) is 13.2 Å². The molecule has 4 heteroatoms. The van der Waals surface area contributed by atoms with Crippen LogP contribution in [-0.2, 0) is 6.42 Å². The summed E-state index contributed by atoms with van der Waals surface area (Å²) in [6, 6.07) is 5.13. The summed E-state index contributed by atoms with van der Waals surface area (Å²) < 4.78 is 37.0. The van der Waals surface area contributed by atoms with E-state index in [9.17, 15) is 13.2 Å². The maximum atomic E-state index is 12.3. The second-order valence-electron chi connectivity index (χ2n) is 3.93. The van der Waals surface area contributed by atoms with E-state index in [1.165, 1.54) is 6.07 Å². The number of hydrogen-bond acceptors (Lipinski definition) is 1. The molecule has 1 aromatic rings. The standard InChI is InChI=1S/C12H16F3N/c1-8-10(7-12(13,14)15)5-4-6-11(8)9(2)16-3/h4-6,9,16H,7H2,1-3H3/t9-/m1/s1. The van der Waals surface area contributed by atoms with Gasteiger partial charge >= 0.3 is 6.18 Å². The molecule has 1 N–H and O–H groups in total. The Morgan fingerprint density at radius 2 is 1.94 bits per heavy atom. The second-order valence-corrected chi connectivity index (χ2v) is 3.93. The molecule has 0 aliphatic carbocycles. The minimum Gasteiger partial charge on any atom is -0.313 e. The fourth-order valence-corrected chi connectivity index (χ4v) is 1.74. The van der Waals surface area contributed by atoms with Gasteiger partial charge in [0.1, 0.15) is 0 Å². The fraction of sp³-hybridized carbons (Fsp3) is 0.500. The summed E-state index contributed by atoms with van der Waals surface area (Å²) in [5.41, 5.74) is 2.00. The van der Waals surface area contributed by atoms with Crippen molar-refractivity contribution in [2.45, 2.75) is 32.5 Å². The molecular formula is C12H16F3N. The van der Waals surface area contributed by atoms with Crippen LogP contribution in [0.25, 0.3) is 0 Å². The third-order valence-electron chi connectivity index (χ3n) is 2.78. The van der Waals surface area contributed by atoms with Crippen molar-refractivity contribution in [3.63, 3.8) is 0 Å². The minimum absolute atomic E-state index is 0.0631. The zero-order chi connectivity index (χ0) is 12.3. The third kappa shape index (κ3) is 3.23. The molecule has 0 amide bonds. The van der Waals surface area contributed by atoms with E-state index in [0.717, 1.165) is 11.1 Å². The van der Waals surface area contributed by atoms with E-state index >= 15 is 0 Å². The Morgan fingerprint density at radius 3 is 2.44 bits per heavy atom. The Hall–Kier alpha value is -1.03. The van der Waals surface area contributed by atoms with Crippen LogP contribution in [0.2, 0.25) is 0 Å². The van der Waals surface area contributed by atoms with Gasteiger partial charge in [0.15, 0.2) is 0 Å². The average Bonchev–Trinajstić information content (AvgIpc) is 2.18. The molecule has 1 aromatic carbocycles. The van der Waals surface area contributed by atoms with E-state index in [1.807, 2.05) is 13.0 Å². The monoisotopic (exact) mass is 231 g/mol. The normalized spacial score (nSPS) is 13.9. The van der Waals surface area contributed by atoms with Crippen LogP contribution in [0.1, 0.15) is 29.7 Å². The largest absolute Gasteiger partial charge is 0.393 e. The van der Waals surface area contributed by atoms with Crippen molar-refractivity contribution < 1.29 is 13.2 Å². The van der Waals surface area contributed by atoms with Gasteiger partial charge in [-0.25, -0.2) is 0 Å². The quantitative estimate of drug-likeness (QED) is 0.840. The van der Waals surface area contributed by atoms with E-state index in [1.54, 1.807) is 20.0 Å². The van der Waals surface area contributed by atoms with Crippen molar-refractivity contribution in [2.75, 3.05) is 7.05 Å². The lowest BCUT2D eigenvalue weighted by Crippen LogP contribution is -2.17. The maximum absolute atomic E-state index is 12.3. The average molecular weight is 231 g/mol. The molecule has 0 spiro atoms. The Kier molecular flexibility index (Phi) is 3.97. The van der Waals surface area contributed by atoms with Crippen molar-refractivity contribution in [3.05, 3.63) is 34.9 Å². The van der Waals surface area contributed by atoms with Crippen LogP contribution in [-0.4, -0.2) is 13.2 Å². The molecular weight excluding hydrogens is 215 g/mol. The van der Waals surface area contributed by atoms with Crippen LogP contribution in [0.5, 0.6) is 0 Å². The number of alkyl halides is 3. The lowest BCUT2D eigenvalue weighted by molar-refractivity contribution is -0.127. The first-order chi connectivity index (χ1) is 7.35. The first-order valence-corrected chi connectivity index (χ1v) is 5.17. The third-order valence-corrected chi connectivity index (χ3v) is 2.78. The first-order valence-electron chi connectivity index (χ1n) is 5.17. The van der Waals surface area contributed by atoms with E-state index in [-0.39, 0.29) is 6.04 Å². The molecule has 0 unspecified atom stereocenters. The second kappa shape index (κ2) is 4.87. The number of benzene rings is 1. The molecule has 0 aliphatic heterocycles. The summed E-state index contributed by atoms with van der Waals surface area (Å²) in [6.07, 6.45) is -5.00. The van der Waals surface area contributed by atoms with Gasteiger partial charge in [0.2, 0.25) is 0 Å². The zero-order valence-corrected chi connectivity index (χ0v) is 9.65. The molecule has 0 heterocycles. The highest BCUT2D eigenvalue weighted by Crippen LogP contribution is 2.26. The number of hydrogen-bond donors (Lipinski definition) is 1. The van der Waals surface area contributed by atoms with Gasteiger partial charge in [0.05, 0.1) is 6.42 Å². The Balaban J connectivity index is 3.04. The van der Waals surface area contributed by atoms with Gasteiger partial charge in [-0.3, -0.25) is 0 Å². The van der Waals surface area contributed by atoms with Crippen LogP contribution in [0.4, 0.5) is 13.2 Å². The van der Waals surface area contributed by atoms with Crippen molar-refractivity contribution >= 4 is 0 Å². The lowest BCUT2D eigenvalue weighted by atomic mass is 9.96. The molecule has 0 bridgehead atoms. The molecule has 0 saturated heterocycles. The van der Waals surface area contributed by atoms with Crippen molar-refractivity contribution in [3.8, 4) is 0 Å². The van der Waals surface area contributed by atoms with Crippen LogP contribution < -0.4 is 5.32 Å². The topological polar surface area (TPSA) is 12.0 Å². The van der Waals surface area contributed by atoms with Gasteiger partial charge in [-0.15, -0.1) is 0 Å². The molecule has 1 nitrogen and oxygen atoms in total. The summed E-state index contributed by atoms with van der Waals surface area (Å²) in [5, 5.41) is 3.03. The number of halogens is 3. The number of rotatable bonds is 3. The highest BCUT2D eigenvalue weighted by atomic mass is 19.4. The maximum Gasteiger partial charge on any atom is 0.393 e. The Labute approximate surface area is 93.7 Å². The van der Waals surface area contributed by atoms with Gasteiger partial charge in [-0.1, -0.05) is 18.2 Å². The van der Waals surface area contributed by atoms with Crippen LogP contribution >= 0.6 is 0 Å². The molecule has 0 aromatic heterocycles. The van der Waals surface area contributed by atoms with E-state index in [2.05, 4.69) is 5.32 Å². The van der Waals surface area contributed by atoms with Gasteiger partial charge in [0, 0.05) is 6.04 Å². The van der Waals surface area contributed by atoms with E-state index in [4.69, 9.17) is 0 Å². The van der Waals surface area contributed by atoms with Gasteiger partial charge in [0.25, 0.3) is 0 Å². The molecule has 0 saturated carbocycles. The minimum atomic E-state index is -4.15. The molecule has 0 radical (unpaired) electrons. The van der Waals surface area contributed by atoms with Crippen LogP contribution in [0.15, 0.2) is 18.2 Å². The summed E-state index contributed by atoms with van der Waals surface area (Å²) in [6.45, 7) is 3.67. The van der Waals surface area contributed by atoms with E-state index in [0.29, 0.717) is 5.56 Å². The lowest BCUT2D eigenvalue weighted by Gasteiger charge is -2.17. The zero-order valence-electron chi connectivity index (χ0n) is 9.65. The van der Waals surface area contributed by atoms with Crippen LogP contribution in [0.3, 0.4) is 0 Å². The Bertz CT molecular complexity index is 358.